The van der Waals surface area contributed by atoms with Crippen molar-refractivity contribution in [2.75, 3.05) is 11.1 Å². The zero-order chi connectivity index (χ0) is 13.8. The van der Waals surface area contributed by atoms with Gasteiger partial charge in [0.2, 0.25) is 0 Å². The Morgan fingerprint density at radius 2 is 1.89 bits per heavy atom. The molecule has 0 amide bonds. The standard InChI is InChI=1S/C15H14BrN3/c1-10(12-2-4-14(18)5-3-12)19-15-7-11(9-17)6-13(16)8-15/h2-8,10,19H,18H2,1H3. The van der Waals surface area contributed by atoms with Gasteiger partial charge in [0.1, 0.15) is 0 Å². The van der Waals surface area contributed by atoms with Gasteiger partial charge < -0.3 is 11.1 Å². The summed E-state index contributed by atoms with van der Waals surface area (Å²) in [6.45, 7) is 2.07. The summed E-state index contributed by atoms with van der Waals surface area (Å²) in [5.74, 6) is 0. The second-order valence-electron chi connectivity index (χ2n) is 4.37. The molecular formula is C15H14BrN3. The molecule has 0 aromatic heterocycles. The lowest BCUT2D eigenvalue weighted by Gasteiger charge is -2.16. The summed E-state index contributed by atoms with van der Waals surface area (Å²) >= 11 is 3.40. The summed E-state index contributed by atoms with van der Waals surface area (Å²) in [4.78, 5) is 0. The van der Waals surface area contributed by atoms with Gasteiger partial charge in [0.25, 0.3) is 0 Å². The van der Waals surface area contributed by atoms with Crippen molar-refractivity contribution < 1.29 is 0 Å². The minimum absolute atomic E-state index is 0.140. The lowest BCUT2D eigenvalue weighted by Crippen LogP contribution is -2.06. The van der Waals surface area contributed by atoms with Crippen molar-refractivity contribution in [3.8, 4) is 6.07 Å². The number of nitrogens with zero attached hydrogens (tertiary/aromatic N) is 1. The number of rotatable bonds is 3. The molecule has 0 saturated carbocycles. The summed E-state index contributed by atoms with van der Waals surface area (Å²) in [5.41, 5.74) is 9.11. The molecule has 0 fully saturated rings. The average Bonchev–Trinajstić information content (AvgIpc) is 2.38. The Bertz CT molecular complexity index is 614. The second kappa shape index (κ2) is 5.77. The molecule has 19 heavy (non-hydrogen) atoms. The summed E-state index contributed by atoms with van der Waals surface area (Å²) < 4.78 is 0.888. The number of nitrogens with one attached hydrogen (secondary N) is 1. The van der Waals surface area contributed by atoms with E-state index in [1.54, 1.807) is 6.07 Å². The highest BCUT2D eigenvalue weighted by atomic mass is 79.9. The van der Waals surface area contributed by atoms with Gasteiger partial charge in [0, 0.05) is 21.9 Å². The molecule has 4 heteroatoms. The minimum Gasteiger partial charge on any atom is -0.399 e. The minimum atomic E-state index is 0.140. The first kappa shape index (κ1) is 13.4. The highest BCUT2D eigenvalue weighted by Gasteiger charge is 2.06. The van der Waals surface area contributed by atoms with Gasteiger partial charge in [-0.05, 0) is 42.8 Å². The van der Waals surface area contributed by atoms with Crippen LogP contribution in [0.5, 0.6) is 0 Å². The van der Waals surface area contributed by atoms with Gasteiger partial charge in [0.15, 0.2) is 0 Å². The van der Waals surface area contributed by atoms with E-state index in [1.165, 1.54) is 0 Å². The molecule has 3 N–H and O–H groups in total. The number of nitrogen functional groups attached to an aromatic ring is 1. The molecule has 3 nitrogen and oxygen atoms in total. The van der Waals surface area contributed by atoms with Gasteiger partial charge >= 0.3 is 0 Å². The van der Waals surface area contributed by atoms with Gasteiger partial charge in [-0.1, -0.05) is 28.1 Å². The third-order valence-electron chi connectivity index (χ3n) is 2.85. The molecule has 2 aromatic rings. The normalized spacial score (nSPS) is 11.6. The number of hydrogen-bond donors (Lipinski definition) is 2. The van der Waals surface area contributed by atoms with Crippen LogP contribution in [-0.2, 0) is 0 Å². The van der Waals surface area contributed by atoms with Crippen LogP contribution in [0.4, 0.5) is 11.4 Å². The van der Waals surface area contributed by atoms with E-state index in [1.807, 2.05) is 36.4 Å². The maximum atomic E-state index is 8.96. The van der Waals surface area contributed by atoms with Crippen LogP contribution in [0.2, 0.25) is 0 Å². The van der Waals surface area contributed by atoms with Crippen LogP contribution >= 0.6 is 15.9 Å². The zero-order valence-electron chi connectivity index (χ0n) is 10.5. The molecule has 2 rings (SSSR count). The molecule has 0 spiro atoms. The van der Waals surface area contributed by atoms with Crippen LogP contribution in [-0.4, -0.2) is 0 Å². The van der Waals surface area contributed by atoms with Crippen LogP contribution in [0.3, 0.4) is 0 Å². The highest BCUT2D eigenvalue weighted by Crippen LogP contribution is 2.24. The molecule has 0 saturated heterocycles. The topological polar surface area (TPSA) is 61.8 Å². The summed E-state index contributed by atoms with van der Waals surface area (Å²) in [7, 11) is 0. The Hall–Kier alpha value is -1.99. The molecular weight excluding hydrogens is 302 g/mol. The predicted octanol–water partition coefficient (Wildman–Crippen LogP) is 4.08. The average molecular weight is 316 g/mol. The fourth-order valence-electron chi connectivity index (χ4n) is 1.86. The lowest BCUT2D eigenvalue weighted by atomic mass is 10.1. The van der Waals surface area contributed by atoms with E-state index >= 15 is 0 Å². The largest absolute Gasteiger partial charge is 0.399 e. The molecule has 0 aliphatic carbocycles. The van der Waals surface area contributed by atoms with Gasteiger partial charge in [0.05, 0.1) is 11.6 Å². The quantitative estimate of drug-likeness (QED) is 0.839. The van der Waals surface area contributed by atoms with Gasteiger partial charge in [-0.3, -0.25) is 0 Å². The Labute approximate surface area is 121 Å². The van der Waals surface area contributed by atoms with Crippen molar-refractivity contribution in [1.29, 1.82) is 5.26 Å². The number of hydrogen-bond acceptors (Lipinski definition) is 3. The van der Waals surface area contributed by atoms with Crippen molar-refractivity contribution in [2.45, 2.75) is 13.0 Å². The molecule has 0 aliphatic heterocycles. The third-order valence-corrected chi connectivity index (χ3v) is 3.30. The first-order valence-electron chi connectivity index (χ1n) is 5.91. The fourth-order valence-corrected chi connectivity index (χ4v) is 2.35. The first-order valence-corrected chi connectivity index (χ1v) is 6.70. The lowest BCUT2D eigenvalue weighted by molar-refractivity contribution is 0.885. The van der Waals surface area contributed by atoms with E-state index in [2.05, 4.69) is 34.2 Å². The Morgan fingerprint density at radius 3 is 2.53 bits per heavy atom. The van der Waals surface area contributed by atoms with Crippen molar-refractivity contribution in [3.05, 3.63) is 58.1 Å². The Kier molecular flexibility index (Phi) is 4.08. The Morgan fingerprint density at radius 1 is 1.21 bits per heavy atom. The number of anilines is 2. The van der Waals surface area contributed by atoms with Crippen LogP contribution in [0.15, 0.2) is 46.9 Å². The molecule has 0 bridgehead atoms. The molecule has 96 valence electrons. The second-order valence-corrected chi connectivity index (χ2v) is 5.29. The van der Waals surface area contributed by atoms with E-state index < -0.39 is 0 Å². The van der Waals surface area contributed by atoms with E-state index in [4.69, 9.17) is 11.0 Å². The summed E-state index contributed by atoms with van der Waals surface area (Å²) in [6.07, 6.45) is 0. The molecule has 0 aliphatic rings. The number of halogens is 1. The highest BCUT2D eigenvalue weighted by molar-refractivity contribution is 9.10. The fraction of sp³-hybridized carbons (Fsp3) is 0.133. The van der Waals surface area contributed by atoms with E-state index in [0.29, 0.717) is 5.56 Å². The maximum absolute atomic E-state index is 8.96. The van der Waals surface area contributed by atoms with Crippen molar-refractivity contribution >= 4 is 27.3 Å². The van der Waals surface area contributed by atoms with E-state index in [0.717, 1.165) is 21.4 Å². The molecule has 2 aromatic carbocycles. The zero-order valence-corrected chi connectivity index (χ0v) is 12.1. The monoisotopic (exact) mass is 315 g/mol. The molecule has 0 radical (unpaired) electrons. The number of nitrogens with two attached hydrogens (primary N) is 1. The van der Waals surface area contributed by atoms with Gasteiger partial charge in [-0.25, -0.2) is 0 Å². The predicted molar refractivity (Wildman–Crippen MR) is 81.7 cm³/mol. The number of nitriles is 1. The smallest absolute Gasteiger partial charge is 0.0992 e. The Balaban J connectivity index is 2.19. The molecule has 0 heterocycles. The van der Waals surface area contributed by atoms with Crippen LogP contribution in [0.1, 0.15) is 24.1 Å². The van der Waals surface area contributed by atoms with Crippen molar-refractivity contribution in [1.82, 2.24) is 0 Å². The molecule has 1 atom stereocenters. The van der Waals surface area contributed by atoms with Crippen LogP contribution < -0.4 is 11.1 Å². The van der Waals surface area contributed by atoms with Crippen molar-refractivity contribution in [2.24, 2.45) is 0 Å². The maximum Gasteiger partial charge on any atom is 0.0992 e. The summed E-state index contributed by atoms with van der Waals surface area (Å²) in [6, 6.07) is 15.6. The number of benzene rings is 2. The van der Waals surface area contributed by atoms with Gasteiger partial charge in [-0.2, -0.15) is 5.26 Å². The van der Waals surface area contributed by atoms with Gasteiger partial charge in [-0.15, -0.1) is 0 Å². The summed E-state index contributed by atoms with van der Waals surface area (Å²) in [5, 5.41) is 12.3. The third kappa shape index (κ3) is 3.49. The SMILES string of the molecule is CC(Nc1cc(Br)cc(C#N)c1)c1ccc(N)cc1. The van der Waals surface area contributed by atoms with E-state index in [-0.39, 0.29) is 6.04 Å². The molecule has 1 unspecified atom stereocenters. The van der Waals surface area contributed by atoms with Crippen LogP contribution in [0.25, 0.3) is 0 Å². The van der Waals surface area contributed by atoms with Crippen LogP contribution in [0, 0.1) is 11.3 Å². The van der Waals surface area contributed by atoms with E-state index in [9.17, 15) is 0 Å². The van der Waals surface area contributed by atoms with Crippen molar-refractivity contribution in [3.63, 3.8) is 0 Å². The first-order chi connectivity index (χ1) is 9.08.